The summed E-state index contributed by atoms with van der Waals surface area (Å²) < 4.78 is 23.3. The summed E-state index contributed by atoms with van der Waals surface area (Å²) in [7, 11) is 0. The standard InChI is InChI=1S/C30H40FN5O2/c1-18(2)14-21(6)35-13-12-25-23(16-35)29(22-10-11-26(24(31)15-22)33-30(32)37)36(34-25)28-20(5)8-7-9-27(28)38-17-19(3)4/h7-11,15,18-19,21H,12-14,16-17H2,1-6H3,(H3,32,33,37). The molecule has 4 rings (SSSR count). The van der Waals surface area contributed by atoms with Gasteiger partial charge in [-0.3, -0.25) is 4.90 Å². The van der Waals surface area contributed by atoms with E-state index in [1.807, 2.05) is 35.9 Å². The first kappa shape index (κ1) is 27.6. The van der Waals surface area contributed by atoms with Gasteiger partial charge in [0.1, 0.15) is 17.3 Å². The van der Waals surface area contributed by atoms with Crippen LogP contribution in [0.3, 0.4) is 0 Å². The molecule has 1 aromatic heterocycles. The minimum atomic E-state index is -0.805. The molecule has 0 spiro atoms. The lowest BCUT2D eigenvalue weighted by Crippen LogP contribution is -2.38. The molecule has 3 aromatic rings. The van der Waals surface area contributed by atoms with Crippen molar-refractivity contribution in [1.29, 1.82) is 0 Å². The monoisotopic (exact) mass is 521 g/mol. The highest BCUT2D eigenvalue weighted by atomic mass is 19.1. The number of halogens is 1. The van der Waals surface area contributed by atoms with Crippen molar-refractivity contribution in [3.63, 3.8) is 0 Å². The molecule has 8 heteroatoms. The number of nitrogens with zero attached hydrogens (tertiary/aromatic N) is 3. The number of amides is 2. The summed E-state index contributed by atoms with van der Waals surface area (Å²) in [6, 6.07) is 10.4. The van der Waals surface area contributed by atoms with Crippen molar-refractivity contribution in [3.05, 3.63) is 59.0 Å². The van der Waals surface area contributed by atoms with Crippen molar-refractivity contribution in [3.8, 4) is 22.7 Å². The van der Waals surface area contributed by atoms with E-state index in [2.05, 4.69) is 44.8 Å². The van der Waals surface area contributed by atoms with Gasteiger partial charge in [0.25, 0.3) is 0 Å². The van der Waals surface area contributed by atoms with Crippen molar-refractivity contribution < 1.29 is 13.9 Å². The first-order chi connectivity index (χ1) is 18.0. The Labute approximate surface area is 225 Å². The smallest absolute Gasteiger partial charge is 0.316 e. The second-order valence-corrected chi connectivity index (χ2v) is 11.2. The number of carbonyl (C=O) groups is 1. The van der Waals surface area contributed by atoms with Crippen LogP contribution >= 0.6 is 0 Å². The Morgan fingerprint density at radius 2 is 1.92 bits per heavy atom. The Hall–Kier alpha value is -3.39. The Morgan fingerprint density at radius 1 is 1.16 bits per heavy atom. The van der Waals surface area contributed by atoms with Gasteiger partial charge in [-0.05, 0) is 55.9 Å². The number of rotatable bonds is 9. The second-order valence-electron chi connectivity index (χ2n) is 11.2. The molecule has 0 saturated heterocycles. The van der Waals surface area contributed by atoms with Crippen molar-refractivity contribution in [2.24, 2.45) is 17.6 Å². The SMILES string of the molecule is Cc1cccc(OCC(C)C)c1-n1nc2c(c1-c1ccc(NC(N)=O)c(F)c1)CN(C(C)CC(C)C)CC2. The van der Waals surface area contributed by atoms with Crippen LogP contribution in [0.15, 0.2) is 36.4 Å². The number of aryl methyl sites for hydroxylation is 1. The maximum absolute atomic E-state index is 15.2. The minimum Gasteiger partial charge on any atom is -0.491 e. The lowest BCUT2D eigenvalue weighted by Gasteiger charge is -2.33. The van der Waals surface area contributed by atoms with Crippen molar-refractivity contribution in [2.45, 2.75) is 67.0 Å². The summed E-state index contributed by atoms with van der Waals surface area (Å²) >= 11 is 0. The number of nitrogens with one attached hydrogen (secondary N) is 1. The van der Waals surface area contributed by atoms with Crippen LogP contribution in [-0.2, 0) is 13.0 Å². The molecule has 0 fully saturated rings. The predicted octanol–water partition coefficient (Wildman–Crippen LogP) is 6.30. The molecule has 1 aliphatic rings. The molecule has 0 saturated carbocycles. The molecule has 3 N–H and O–H groups in total. The lowest BCUT2D eigenvalue weighted by molar-refractivity contribution is 0.170. The summed E-state index contributed by atoms with van der Waals surface area (Å²) in [5, 5.41) is 7.45. The van der Waals surface area contributed by atoms with Gasteiger partial charge in [-0.25, -0.2) is 13.9 Å². The number of fused-ring (bicyclic) bond motifs is 1. The Balaban J connectivity index is 1.87. The van der Waals surface area contributed by atoms with Gasteiger partial charge >= 0.3 is 6.03 Å². The number of benzene rings is 2. The molecule has 0 bridgehead atoms. The molecule has 0 aliphatic carbocycles. The second kappa shape index (κ2) is 11.6. The van der Waals surface area contributed by atoms with Crippen LogP contribution in [0.4, 0.5) is 14.9 Å². The molecular weight excluding hydrogens is 481 g/mol. The summed E-state index contributed by atoms with van der Waals surface area (Å²) in [5.74, 6) is 1.16. The van der Waals surface area contributed by atoms with Gasteiger partial charge < -0.3 is 15.8 Å². The normalized spacial score (nSPS) is 14.6. The van der Waals surface area contributed by atoms with E-state index in [4.69, 9.17) is 15.6 Å². The maximum atomic E-state index is 15.2. The summed E-state index contributed by atoms with van der Waals surface area (Å²) in [4.78, 5) is 13.8. The first-order valence-corrected chi connectivity index (χ1v) is 13.5. The van der Waals surface area contributed by atoms with Crippen molar-refractivity contribution in [2.75, 3.05) is 18.5 Å². The number of ether oxygens (including phenoxy) is 1. The maximum Gasteiger partial charge on any atom is 0.316 e. The average Bonchev–Trinajstić information content (AvgIpc) is 3.21. The van der Waals surface area contributed by atoms with Crippen molar-refractivity contribution >= 4 is 11.7 Å². The zero-order valence-electron chi connectivity index (χ0n) is 23.3. The quantitative estimate of drug-likeness (QED) is 0.346. The van der Waals surface area contributed by atoms with Gasteiger partial charge in [0.15, 0.2) is 0 Å². The van der Waals surface area contributed by atoms with E-state index >= 15 is 4.39 Å². The summed E-state index contributed by atoms with van der Waals surface area (Å²) in [5.41, 5.74) is 10.8. The van der Waals surface area contributed by atoms with Gasteiger partial charge in [0.05, 0.1) is 23.7 Å². The number of urea groups is 1. The topological polar surface area (TPSA) is 85.4 Å². The number of para-hydroxylation sites is 1. The van der Waals surface area contributed by atoms with E-state index in [9.17, 15) is 4.79 Å². The van der Waals surface area contributed by atoms with Crippen LogP contribution < -0.4 is 15.8 Å². The number of aromatic nitrogens is 2. The molecule has 38 heavy (non-hydrogen) atoms. The highest BCUT2D eigenvalue weighted by molar-refractivity contribution is 5.88. The minimum absolute atomic E-state index is 0.0465. The predicted molar refractivity (Wildman–Crippen MR) is 150 cm³/mol. The third kappa shape index (κ3) is 6.01. The third-order valence-corrected chi connectivity index (χ3v) is 6.98. The van der Waals surface area contributed by atoms with E-state index in [1.54, 1.807) is 6.07 Å². The number of hydrogen-bond donors (Lipinski definition) is 2. The van der Waals surface area contributed by atoms with E-state index < -0.39 is 11.8 Å². The van der Waals surface area contributed by atoms with E-state index in [1.165, 1.54) is 6.07 Å². The fraction of sp³-hybridized carbons (Fsp3) is 0.467. The Bertz CT molecular complexity index is 1300. The number of primary amides is 1. The first-order valence-electron chi connectivity index (χ1n) is 13.5. The fourth-order valence-corrected chi connectivity index (χ4v) is 5.23. The highest BCUT2D eigenvalue weighted by Crippen LogP contribution is 2.38. The molecule has 1 atom stereocenters. The van der Waals surface area contributed by atoms with Gasteiger partial charge in [0, 0.05) is 36.7 Å². The van der Waals surface area contributed by atoms with Crippen LogP contribution in [0.25, 0.3) is 16.9 Å². The molecule has 2 amide bonds. The van der Waals surface area contributed by atoms with E-state index in [-0.39, 0.29) is 5.69 Å². The zero-order chi connectivity index (χ0) is 27.6. The molecule has 1 unspecified atom stereocenters. The Kier molecular flexibility index (Phi) is 8.41. The van der Waals surface area contributed by atoms with Gasteiger partial charge in [0.2, 0.25) is 0 Å². The molecular formula is C30H40FN5O2. The summed E-state index contributed by atoms with van der Waals surface area (Å²) in [6.45, 7) is 15.3. The number of nitrogens with two attached hydrogens (primary N) is 1. The van der Waals surface area contributed by atoms with E-state index in [0.29, 0.717) is 30.0 Å². The van der Waals surface area contributed by atoms with Crippen LogP contribution in [0.5, 0.6) is 5.75 Å². The van der Waals surface area contributed by atoms with E-state index in [0.717, 1.165) is 59.9 Å². The number of hydrogen-bond acceptors (Lipinski definition) is 4. The fourth-order valence-electron chi connectivity index (χ4n) is 5.23. The molecule has 2 heterocycles. The molecule has 7 nitrogen and oxygen atoms in total. The summed E-state index contributed by atoms with van der Waals surface area (Å²) in [6.07, 6.45) is 1.92. The molecule has 204 valence electrons. The molecule has 2 aromatic carbocycles. The van der Waals surface area contributed by atoms with Gasteiger partial charge in [-0.15, -0.1) is 0 Å². The number of anilines is 1. The largest absolute Gasteiger partial charge is 0.491 e. The highest BCUT2D eigenvalue weighted by Gasteiger charge is 2.30. The Morgan fingerprint density at radius 3 is 2.58 bits per heavy atom. The third-order valence-electron chi connectivity index (χ3n) is 6.98. The van der Waals surface area contributed by atoms with Gasteiger partial charge in [-0.2, -0.15) is 5.10 Å². The molecule has 0 radical (unpaired) electrons. The lowest BCUT2D eigenvalue weighted by atomic mass is 9.97. The van der Waals surface area contributed by atoms with Crippen LogP contribution in [-0.4, -0.2) is 39.9 Å². The average molecular weight is 522 g/mol. The number of carbonyl (C=O) groups excluding carboxylic acids is 1. The zero-order valence-corrected chi connectivity index (χ0v) is 23.3. The van der Waals surface area contributed by atoms with Crippen LogP contribution in [0.2, 0.25) is 0 Å². The van der Waals surface area contributed by atoms with Gasteiger partial charge in [-0.1, -0.05) is 45.9 Å². The van der Waals surface area contributed by atoms with Crippen molar-refractivity contribution in [1.82, 2.24) is 14.7 Å². The van der Waals surface area contributed by atoms with Crippen LogP contribution in [0, 0.1) is 24.6 Å². The molecule has 1 aliphatic heterocycles. The van der Waals surface area contributed by atoms with Crippen LogP contribution in [0.1, 0.15) is 57.9 Å².